The maximum atomic E-state index is 2.58. The Morgan fingerprint density at radius 2 is 1.27 bits per heavy atom. The normalized spacial score (nSPS) is 16.5. The van der Waals surface area contributed by atoms with Crippen LogP contribution in [0.3, 0.4) is 0 Å². The molecule has 0 aliphatic heterocycles. The van der Waals surface area contributed by atoms with E-state index in [1.807, 2.05) is 0 Å². The number of hydrogen-bond donors (Lipinski definition) is 0. The highest BCUT2D eigenvalue weighted by Gasteiger charge is 2.43. The van der Waals surface area contributed by atoms with Gasteiger partial charge in [0.15, 0.2) is 0 Å². The number of nitrogens with zero attached hydrogens (tertiary/aromatic N) is 1. The van der Waals surface area contributed by atoms with E-state index >= 15 is 0 Å². The van der Waals surface area contributed by atoms with Crippen LogP contribution in [-0.4, -0.2) is 0 Å². The first-order valence-corrected chi connectivity index (χ1v) is 20.3. The summed E-state index contributed by atoms with van der Waals surface area (Å²) in [7, 11) is 0. The Hall–Kier alpha value is -5.66. The molecule has 0 bridgehead atoms. The summed E-state index contributed by atoms with van der Waals surface area (Å²) in [5.41, 5.74) is 24.6. The zero-order chi connectivity index (χ0) is 37.8. The number of anilines is 2. The fourth-order valence-corrected chi connectivity index (χ4v) is 9.90. The topological polar surface area (TPSA) is 3.24 Å². The standard InChI is InChI=1S/C54H51N/c1-7-54(8-2)50-33-39(23-25-41-17-14-20-49-52(40-15-10-9-11-16-40)47-18-12-13-19-48(47)53(41)49)24-29-45(50)46-30-28-44(34-51(46)54)55(42-26-21-35(3)37(5)31-42)43-27-22-36(4)38(6)32-43/h9-27,29,31-34,52H,7-8,28,30H2,1-6H3/b25-23+. The molecule has 1 atom stereocenters. The molecule has 0 N–H and O–H groups in total. The Bertz CT molecular complexity index is 2500. The lowest BCUT2D eigenvalue weighted by Gasteiger charge is -2.35. The van der Waals surface area contributed by atoms with E-state index in [4.69, 9.17) is 0 Å². The van der Waals surface area contributed by atoms with Crippen molar-refractivity contribution in [2.75, 3.05) is 4.90 Å². The van der Waals surface area contributed by atoms with Gasteiger partial charge in [0.25, 0.3) is 0 Å². The van der Waals surface area contributed by atoms with Crippen LogP contribution in [0.4, 0.5) is 11.4 Å². The zero-order valence-corrected chi connectivity index (χ0v) is 33.2. The van der Waals surface area contributed by atoms with E-state index in [2.05, 4.69) is 192 Å². The van der Waals surface area contributed by atoms with E-state index in [9.17, 15) is 0 Å². The predicted octanol–water partition coefficient (Wildman–Crippen LogP) is 14.6. The largest absolute Gasteiger partial charge is 0.314 e. The lowest BCUT2D eigenvalue weighted by atomic mass is 9.71. The predicted molar refractivity (Wildman–Crippen MR) is 235 cm³/mol. The fraction of sp³-hybridized carbons (Fsp3) is 0.222. The summed E-state index contributed by atoms with van der Waals surface area (Å²) in [6.07, 6.45) is 11.5. The molecule has 272 valence electrons. The van der Waals surface area contributed by atoms with Gasteiger partial charge in [-0.25, -0.2) is 0 Å². The maximum Gasteiger partial charge on any atom is 0.0461 e. The SMILES string of the molecule is CCC1(CC)C2=C(CCC(N(c3ccc(C)c(C)c3)c3ccc(C)c(C)c3)=C2)c2ccc(/C=C/c3cccc4c3-c3ccccc3C4c3ccccc3)cc21. The molecule has 1 nitrogen and oxygen atoms in total. The minimum Gasteiger partial charge on any atom is -0.314 e. The van der Waals surface area contributed by atoms with Crippen molar-refractivity contribution in [2.45, 2.75) is 78.6 Å². The molecule has 0 aromatic heterocycles. The minimum absolute atomic E-state index is 0.0198. The van der Waals surface area contributed by atoms with Gasteiger partial charge in [-0.05, 0) is 167 Å². The summed E-state index contributed by atoms with van der Waals surface area (Å²) in [5.74, 6) is 0.256. The van der Waals surface area contributed by atoms with Crippen LogP contribution < -0.4 is 4.90 Å². The van der Waals surface area contributed by atoms with Crippen molar-refractivity contribution in [1.82, 2.24) is 0 Å². The monoisotopic (exact) mass is 713 g/mol. The summed E-state index contributed by atoms with van der Waals surface area (Å²) in [5, 5.41) is 0. The van der Waals surface area contributed by atoms with Crippen molar-refractivity contribution in [2.24, 2.45) is 0 Å². The Balaban J connectivity index is 1.10. The van der Waals surface area contributed by atoms with Gasteiger partial charge in [-0.1, -0.05) is 129 Å². The van der Waals surface area contributed by atoms with Crippen molar-refractivity contribution < 1.29 is 0 Å². The highest BCUT2D eigenvalue weighted by Crippen LogP contribution is 2.56. The molecule has 9 rings (SSSR count). The van der Waals surface area contributed by atoms with Gasteiger partial charge in [0, 0.05) is 28.4 Å². The van der Waals surface area contributed by atoms with Crippen LogP contribution in [0.1, 0.15) is 107 Å². The minimum atomic E-state index is -0.0198. The van der Waals surface area contributed by atoms with Crippen LogP contribution in [-0.2, 0) is 5.41 Å². The van der Waals surface area contributed by atoms with E-state index in [1.165, 1.54) is 95.0 Å². The molecule has 0 saturated heterocycles. The molecule has 1 heteroatoms. The van der Waals surface area contributed by atoms with E-state index in [-0.39, 0.29) is 11.3 Å². The molecule has 0 fully saturated rings. The van der Waals surface area contributed by atoms with Crippen molar-refractivity contribution in [1.29, 1.82) is 0 Å². The van der Waals surface area contributed by atoms with Crippen LogP contribution in [0.15, 0.2) is 145 Å². The van der Waals surface area contributed by atoms with E-state index in [1.54, 1.807) is 5.57 Å². The smallest absolute Gasteiger partial charge is 0.0461 e. The first kappa shape index (κ1) is 35.1. The second kappa shape index (κ2) is 13.9. The van der Waals surface area contributed by atoms with Gasteiger partial charge >= 0.3 is 0 Å². The summed E-state index contributed by atoms with van der Waals surface area (Å²) in [6, 6.07) is 48.0. The maximum absolute atomic E-state index is 2.58. The van der Waals surface area contributed by atoms with Gasteiger partial charge < -0.3 is 4.90 Å². The fourth-order valence-electron chi connectivity index (χ4n) is 9.90. The third kappa shape index (κ3) is 5.75. The summed E-state index contributed by atoms with van der Waals surface area (Å²) in [4.78, 5) is 2.54. The average molecular weight is 714 g/mol. The van der Waals surface area contributed by atoms with Crippen LogP contribution in [0.5, 0.6) is 0 Å². The van der Waals surface area contributed by atoms with Gasteiger partial charge in [0.1, 0.15) is 0 Å². The van der Waals surface area contributed by atoms with E-state index in [0.717, 1.165) is 25.7 Å². The molecule has 0 spiro atoms. The number of hydrogen-bond acceptors (Lipinski definition) is 1. The molecule has 6 aromatic carbocycles. The molecular weight excluding hydrogens is 663 g/mol. The van der Waals surface area contributed by atoms with Crippen LogP contribution in [0.2, 0.25) is 0 Å². The summed E-state index contributed by atoms with van der Waals surface area (Å²) >= 11 is 0. The Morgan fingerprint density at radius 1 is 0.600 bits per heavy atom. The van der Waals surface area contributed by atoms with Crippen molar-refractivity contribution in [3.05, 3.63) is 206 Å². The number of rotatable bonds is 8. The van der Waals surface area contributed by atoms with Gasteiger partial charge in [0.2, 0.25) is 0 Å². The summed E-state index contributed by atoms with van der Waals surface area (Å²) in [6.45, 7) is 13.7. The van der Waals surface area contributed by atoms with Gasteiger partial charge in [-0.3, -0.25) is 0 Å². The highest BCUT2D eigenvalue weighted by molar-refractivity contribution is 5.91. The molecule has 1 unspecified atom stereocenters. The third-order valence-electron chi connectivity index (χ3n) is 13.2. The van der Waals surface area contributed by atoms with Crippen molar-refractivity contribution in [3.8, 4) is 11.1 Å². The zero-order valence-electron chi connectivity index (χ0n) is 33.2. The van der Waals surface area contributed by atoms with Crippen molar-refractivity contribution in [3.63, 3.8) is 0 Å². The molecule has 0 amide bonds. The quantitative estimate of drug-likeness (QED) is 0.142. The molecule has 55 heavy (non-hydrogen) atoms. The number of allylic oxidation sites excluding steroid dienone is 4. The molecule has 0 heterocycles. The highest BCUT2D eigenvalue weighted by atomic mass is 15.1. The van der Waals surface area contributed by atoms with Crippen LogP contribution >= 0.6 is 0 Å². The van der Waals surface area contributed by atoms with E-state index < -0.39 is 0 Å². The molecule has 6 aromatic rings. The van der Waals surface area contributed by atoms with Gasteiger partial charge in [-0.2, -0.15) is 0 Å². The molecule has 3 aliphatic carbocycles. The molecular formula is C54H51N. The summed E-state index contributed by atoms with van der Waals surface area (Å²) < 4.78 is 0. The molecule has 0 saturated carbocycles. The third-order valence-corrected chi connectivity index (χ3v) is 13.2. The Morgan fingerprint density at radius 3 is 1.96 bits per heavy atom. The van der Waals surface area contributed by atoms with Gasteiger partial charge in [-0.15, -0.1) is 0 Å². The van der Waals surface area contributed by atoms with Crippen LogP contribution in [0.25, 0.3) is 28.9 Å². The first-order valence-electron chi connectivity index (χ1n) is 20.3. The van der Waals surface area contributed by atoms with Crippen molar-refractivity contribution >= 4 is 29.1 Å². The number of benzene rings is 6. The Kier molecular flexibility index (Phi) is 8.85. The second-order valence-electron chi connectivity index (χ2n) is 16.1. The average Bonchev–Trinajstić information content (AvgIpc) is 3.70. The van der Waals surface area contributed by atoms with Crippen LogP contribution in [0, 0.1) is 27.7 Å². The number of aryl methyl sites for hydroxylation is 4. The molecule has 3 aliphatic rings. The lowest BCUT2D eigenvalue weighted by molar-refractivity contribution is 0.484. The first-order chi connectivity index (χ1) is 26.8. The molecule has 0 radical (unpaired) electrons. The second-order valence-corrected chi connectivity index (χ2v) is 16.1. The van der Waals surface area contributed by atoms with E-state index in [0.29, 0.717) is 0 Å². The number of fused-ring (bicyclic) bond motifs is 5. The Labute approximate surface area is 328 Å². The lowest BCUT2D eigenvalue weighted by Crippen LogP contribution is -2.26. The van der Waals surface area contributed by atoms with Gasteiger partial charge in [0.05, 0.1) is 0 Å².